The second-order valence-electron chi connectivity index (χ2n) is 6.88. The summed E-state index contributed by atoms with van der Waals surface area (Å²) in [5.74, 6) is 1.85. The maximum absolute atomic E-state index is 12.3. The second kappa shape index (κ2) is 10.6. The molecule has 0 fully saturated rings. The van der Waals surface area contributed by atoms with Crippen LogP contribution >= 0.6 is 11.8 Å². The van der Waals surface area contributed by atoms with Crippen LogP contribution in [0.15, 0.2) is 29.4 Å². The van der Waals surface area contributed by atoms with Crippen LogP contribution in [0, 0.1) is 5.92 Å². The topological polar surface area (TPSA) is 76.9 Å². The number of thioether (sulfide) groups is 1. The van der Waals surface area contributed by atoms with Crippen LogP contribution in [0.25, 0.3) is 0 Å². The van der Waals surface area contributed by atoms with Gasteiger partial charge < -0.3 is 9.88 Å². The number of hydrogen-bond donors (Lipinski definition) is 1. The Kier molecular flexibility index (Phi) is 8.50. The first kappa shape index (κ1) is 21.6. The van der Waals surface area contributed by atoms with Crippen molar-refractivity contribution in [2.45, 2.75) is 44.1 Å². The fourth-order valence-electron chi connectivity index (χ4n) is 2.79. The zero-order valence-electron chi connectivity index (χ0n) is 16.4. The van der Waals surface area contributed by atoms with Crippen LogP contribution in [0.1, 0.15) is 42.0 Å². The summed E-state index contributed by atoms with van der Waals surface area (Å²) in [5.41, 5.74) is 1.51. The summed E-state index contributed by atoms with van der Waals surface area (Å²) in [5, 5.41) is 12.4. The molecule has 0 saturated carbocycles. The zero-order chi connectivity index (χ0) is 19.8. The number of carbonyl (C=O) groups is 1. The lowest BCUT2D eigenvalue weighted by Crippen LogP contribution is -2.25. The molecular formula is C19H28N4O2S2. The number of carbonyl (C=O) groups excluding carboxylic acids is 1. The summed E-state index contributed by atoms with van der Waals surface area (Å²) < 4.78 is 13.5. The fourth-order valence-corrected chi connectivity index (χ4v) is 3.96. The molecule has 0 saturated heterocycles. The first-order chi connectivity index (χ1) is 12.9. The molecule has 0 aliphatic heterocycles. The van der Waals surface area contributed by atoms with Crippen molar-refractivity contribution < 1.29 is 9.00 Å². The van der Waals surface area contributed by atoms with Crippen LogP contribution in [0.5, 0.6) is 0 Å². The van der Waals surface area contributed by atoms with E-state index in [-0.39, 0.29) is 5.91 Å². The van der Waals surface area contributed by atoms with Gasteiger partial charge in [-0.05, 0) is 36.3 Å². The summed E-state index contributed by atoms with van der Waals surface area (Å²) >= 11 is 1.60. The van der Waals surface area contributed by atoms with Gasteiger partial charge >= 0.3 is 0 Å². The van der Waals surface area contributed by atoms with Gasteiger partial charge in [0.1, 0.15) is 5.82 Å². The van der Waals surface area contributed by atoms with Gasteiger partial charge in [0.15, 0.2) is 5.16 Å². The summed E-state index contributed by atoms with van der Waals surface area (Å²) in [4.78, 5) is 12.3. The number of hydrogen-bond acceptors (Lipinski definition) is 5. The Morgan fingerprint density at radius 1 is 1.33 bits per heavy atom. The van der Waals surface area contributed by atoms with E-state index in [1.54, 1.807) is 30.2 Å². The molecule has 1 heterocycles. The van der Waals surface area contributed by atoms with Crippen molar-refractivity contribution in [2.24, 2.45) is 5.92 Å². The van der Waals surface area contributed by atoms with Crippen LogP contribution in [0.4, 0.5) is 0 Å². The molecule has 1 aromatic heterocycles. The Labute approximate surface area is 168 Å². The van der Waals surface area contributed by atoms with Crippen molar-refractivity contribution in [3.8, 4) is 0 Å². The van der Waals surface area contributed by atoms with E-state index in [1.165, 1.54) is 0 Å². The van der Waals surface area contributed by atoms with E-state index in [1.807, 2.05) is 18.4 Å². The number of aromatic nitrogens is 3. The Hall–Kier alpha value is -1.67. The van der Waals surface area contributed by atoms with E-state index in [2.05, 4.69) is 33.9 Å². The molecule has 27 heavy (non-hydrogen) atoms. The van der Waals surface area contributed by atoms with Crippen LogP contribution < -0.4 is 5.32 Å². The van der Waals surface area contributed by atoms with E-state index in [9.17, 15) is 9.00 Å². The molecule has 1 aromatic carbocycles. The molecule has 8 heteroatoms. The van der Waals surface area contributed by atoms with Crippen molar-refractivity contribution in [2.75, 3.05) is 19.1 Å². The maximum atomic E-state index is 12.3. The van der Waals surface area contributed by atoms with Crippen LogP contribution in [-0.4, -0.2) is 43.9 Å². The molecule has 0 spiro atoms. The summed E-state index contributed by atoms with van der Waals surface area (Å²) in [6.45, 7) is 5.83. The summed E-state index contributed by atoms with van der Waals surface area (Å²) in [7, 11) is -0.920. The first-order valence-corrected chi connectivity index (χ1v) is 12.0. The van der Waals surface area contributed by atoms with Crippen LogP contribution in [0.3, 0.4) is 0 Å². The largest absolute Gasteiger partial charge is 0.352 e. The highest BCUT2D eigenvalue weighted by atomic mass is 32.2. The molecule has 6 nitrogen and oxygen atoms in total. The third kappa shape index (κ3) is 6.77. The Morgan fingerprint density at radius 3 is 2.78 bits per heavy atom. The van der Waals surface area contributed by atoms with Gasteiger partial charge in [-0.2, -0.15) is 0 Å². The first-order valence-electron chi connectivity index (χ1n) is 9.04. The van der Waals surface area contributed by atoms with Gasteiger partial charge in [0, 0.05) is 47.9 Å². The number of amides is 1. The lowest BCUT2D eigenvalue weighted by atomic mass is 10.1. The molecule has 1 atom stereocenters. The average molecular weight is 409 g/mol. The highest BCUT2D eigenvalue weighted by Gasteiger charge is 2.13. The van der Waals surface area contributed by atoms with Crippen molar-refractivity contribution in [1.82, 2.24) is 20.1 Å². The number of nitrogens with zero attached hydrogens (tertiary/aromatic N) is 3. The SMILES string of the molecule is CSc1nnc(CCCNC(=O)c2cccc(CS(C)=O)c2)n1CC(C)C. The lowest BCUT2D eigenvalue weighted by molar-refractivity contribution is 0.0953. The number of nitrogens with one attached hydrogen (secondary N) is 1. The van der Waals surface area contributed by atoms with Crippen molar-refractivity contribution >= 4 is 28.5 Å². The smallest absolute Gasteiger partial charge is 0.251 e. The van der Waals surface area contributed by atoms with Gasteiger partial charge in [-0.15, -0.1) is 10.2 Å². The molecule has 148 valence electrons. The third-order valence-corrected chi connectivity index (χ3v) is 5.35. The Morgan fingerprint density at radius 2 is 2.11 bits per heavy atom. The zero-order valence-corrected chi connectivity index (χ0v) is 18.0. The van der Waals surface area contributed by atoms with Crippen LogP contribution in [0.2, 0.25) is 0 Å². The predicted octanol–water partition coefficient (Wildman–Crippen LogP) is 2.90. The average Bonchev–Trinajstić information content (AvgIpc) is 2.99. The van der Waals surface area contributed by atoms with E-state index < -0.39 is 10.8 Å². The Balaban J connectivity index is 1.87. The minimum Gasteiger partial charge on any atom is -0.352 e. The fraction of sp³-hybridized carbons (Fsp3) is 0.526. The van der Waals surface area contributed by atoms with Crippen molar-refractivity contribution in [3.05, 3.63) is 41.2 Å². The standard InChI is InChI=1S/C19H28N4O2S2/c1-14(2)12-23-17(21-22-19(23)26-3)9-6-10-20-18(24)16-8-5-7-15(11-16)13-27(4)25/h5,7-8,11,14H,6,9-10,12-13H2,1-4H3,(H,20,24). The summed E-state index contributed by atoms with van der Waals surface area (Å²) in [6, 6.07) is 7.31. The molecule has 1 N–H and O–H groups in total. The third-order valence-electron chi connectivity index (χ3n) is 3.95. The van der Waals surface area contributed by atoms with E-state index >= 15 is 0 Å². The number of rotatable bonds is 10. The van der Waals surface area contributed by atoms with Crippen LogP contribution in [-0.2, 0) is 29.5 Å². The van der Waals surface area contributed by atoms with E-state index in [0.29, 0.717) is 23.8 Å². The lowest BCUT2D eigenvalue weighted by Gasteiger charge is -2.12. The molecule has 2 rings (SSSR count). The van der Waals surface area contributed by atoms with E-state index in [0.717, 1.165) is 35.9 Å². The Bertz CT molecular complexity index is 790. The summed E-state index contributed by atoms with van der Waals surface area (Å²) in [6.07, 6.45) is 5.24. The second-order valence-corrected chi connectivity index (χ2v) is 9.09. The van der Waals surface area contributed by atoms with Gasteiger partial charge in [0.05, 0.1) is 0 Å². The van der Waals surface area contributed by atoms with Gasteiger partial charge in [-0.25, -0.2) is 0 Å². The molecule has 0 aliphatic carbocycles. The molecule has 0 radical (unpaired) electrons. The molecular weight excluding hydrogens is 380 g/mol. The number of benzene rings is 1. The monoisotopic (exact) mass is 408 g/mol. The number of aryl methyl sites for hydroxylation is 1. The minimum absolute atomic E-state index is 0.104. The minimum atomic E-state index is -0.920. The molecule has 0 bridgehead atoms. The highest BCUT2D eigenvalue weighted by molar-refractivity contribution is 7.98. The predicted molar refractivity (Wildman–Crippen MR) is 112 cm³/mol. The van der Waals surface area contributed by atoms with Gasteiger partial charge in [-0.1, -0.05) is 37.7 Å². The molecule has 1 unspecified atom stereocenters. The molecule has 2 aromatic rings. The van der Waals surface area contributed by atoms with Gasteiger partial charge in [0.2, 0.25) is 0 Å². The van der Waals surface area contributed by atoms with E-state index in [4.69, 9.17) is 0 Å². The van der Waals surface area contributed by atoms with Crippen molar-refractivity contribution in [3.63, 3.8) is 0 Å². The normalized spacial score (nSPS) is 12.3. The molecule has 0 aliphatic rings. The van der Waals surface area contributed by atoms with Gasteiger partial charge in [0.25, 0.3) is 5.91 Å². The van der Waals surface area contributed by atoms with Crippen molar-refractivity contribution in [1.29, 1.82) is 0 Å². The maximum Gasteiger partial charge on any atom is 0.251 e. The van der Waals surface area contributed by atoms with Gasteiger partial charge in [-0.3, -0.25) is 9.00 Å². The highest BCUT2D eigenvalue weighted by Crippen LogP contribution is 2.16. The quantitative estimate of drug-likeness (QED) is 0.483. The molecule has 1 amide bonds.